The third-order valence-corrected chi connectivity index (χ3v) is 4.16. The SMILES string of the molecule is CCCn1ccnc1-c1cccc(NC(=O)c2cc(-c3ccco3)[nH]n2)c1. The van der Waals surface area contributed by atoms with Crippen LogP contribution in [-0.4, -0.2) is 25.7 Å². The Bertz CT molecular complexity index is 1050. The van der Waals surface area contributed by atoms with E-state index in [1.54, 1.807) is 30.7 Å². The van der Waals surface area contributed by atoms with Crippen molar-refractivity contribution in [2.45, 2.75) is 19.9 Å². The van der Waals surface area contributed by atoms with Gasteiger partial charge in [0.1, 0.15) is 11.5 Å². The minimum absolute atomic E-state index is 0.291. The van der Waals surface area contributed by atoms with Crippen molar-refractivity contribution in [3.63, 3.8) is 0 Å². The summed E-state index contributed by atoms with van der Waals surface area (Å²) in [5.41, 5.74) is 2.58. The highest BCUT2D eigenvalue weighted by atomic mass is 16.3. The topological polar surface area (TPSA) is 88.7 Å². The van der Waals surface area contributed by atoms with Crippen LogP contribution < -0.4 is 5.32 Å². The first-order chi connectivity index (χ1) is 13.2. The van der Waals surface area contributed by atoms with Crippen LogP contribution in [-0.2, 0) is 6.54 Å². The number of carbonyl (C=O) groups excluding carboxylic acids is 1. The number of aromatic nitrogens is 4. The van der Waals surface area contributed by atoms with Gasteiger partial charge in [-0.25, -0.2) is 4.98 Å². The Labute approximate surface area is 156 Å². The number of anilines is 1. The van der Waals surface area contributed by atoms with E-state index < -0.39 is 0 Å². The number of hydrogen-bond donors (Lipinski definition) is 2. The lowest BCUT2D eigenvalue weighted by Gasteiger charge is -2.08. The molecule has 0 unspecified atom stereocenters. The predicted octanol–water partition coefficient (Wildman–Crippen LogP) is 4.20. The number of H-pyrrole nitrogens is 1. The monoisotopic (exact) mass is 361 g/mol. The standard InChI is InChI=1S/C20H19N5O2/c1-2-9-25-10-8-21-19(25)14-5-3-6-15(12-14)22-20(26)17-13-16(23-24-17)18-7-4-11-27-18/h3-8,10-13H,2,9H2,1H3,(H,22,26)(H,23,24). The van der Waals surface area contributed by atoms with E-state index in [1.165, 1.54) is 0 Å². The fourth-order valence-corrected chi connectivity index (χ4v) is 2.92. The lowest BCUT2D eigenvalue weighted by atomic mass is 10.2. The molecule has 1 aromatic carbocycles. The number of benzene rings is 1. The van der Waals surface area contributed by atoms with Crippen molar-refractivity contribution in [1.29, 1.82) is 0 Å². The number of nitrogens with zero attached hydrogens (tertiary/aromatic N) is 3. The van der Waals surface area contributed by atoms with E-state index in [0.717, 1.165) is 24.4 Å². The molecule has 0 saturated carbocycles. The molecule has 0 atom stereocenters. The molecular weight excluding hydrogens is 342 g/mol. The fourth-order valence-electron chi connectivity index (χ4n) is 2.92. The van der Waals surface area contributed by atoms with E-state index in [-0.39, 0.29) is 5.91 Å². The Kier molecular flexibility index (Phi) is 4.57. The van der Waals surface area contributed by atoms with Gasteiger partial charge in [0.2, 0.25) is 0 Å². The third-order valence-electron chi connectivity index (χ3n) is 4.16. The van der Waals surface area contributed by atoms with Crippen molar-refractivity contribution < 1.29 is 9.21 Å². The van der Waals surface area contributed by atoms with Crippen LogP contribution in [0.1, 0.15) is 23.8 Å². The molecule has 0 fully saturated rings. The molecule has 0 radical (unpaired) electrons. The van der Waals surface area contributed by atoms with E-state index in [9.17, 15) is 4.79 Å². The number of aryl methyl sites for hydroxylation is 1. The zero-order valence-electron chi connectivity index (χ0n) is 14.8. The summed E-state index contributed by atoms with van der Waals surface area (Å²) in [7, 11) is 0. The number of imidazole rings is 1. The molecule has 4 aromatic rings. The van der Waals surface area contributed by atoms with Gasteiger partial charge in [-0.3, -0.25) is 9.89 Å². The van der Waals surface area contributed by atoms with Crippen molar-refractivity contribution in [2.24, 2.45) is 0 Å². The Balaban J connectivity index is 1.53. The fraction of sp³-hybridized carbons (Fsp3) is 0.150. The molecule has 7 nitrogen and oxygen atoms in total. The molecule has 0 saturated heterocycles. The first-order valence-corrected chi connectivity index (χ1v) is 8.77. The van der Waals surface area contributed by atoms with Gasteiger partial charge in [0, 0.05) is 36.3 Å². The lowest BCUT2D eigenvalue weighted by molar-refractivity contribution is 0.102. The summed E-state index contributed by atoms with van der Waals surface area (Å²) in [4.78, 5) is 17.0. The maximum atomic E-state index is 12.5. The molecule has 3 heterocycles. The van der Waals surface area contributed by atoms with E-state index in [2.05, 4.69) is 32.0 Å². The van der Waals surface area contributed by atoms with E-state index in [1.807, 2.05) is 30.5 Å². The summed E-state index contributed by atoms with van der Waals surface area (Å²) in [6.07, 6.45) is 6.35. The first kappa shape index (κ1) is 16.8. The molecule has 0 aliphatic rings. The summed E-state index contributed by atoms with van der Waals surface area (Å²) < 4.78 is 7.41. The minimum atomic E-state index is -0.293. The molecular formula is C20H19N5O2. The zero-order valence-corrected chi connectivity index (χ0v) is 14.8. The Morgan fingerprint density at radius 2 is 2.19 bits per heavy atom. The number of nitrogens with one attached hydrogen (secondary N) is 2. The molecule has 136 valence electrons. The number of carbonyl (C=O) groups is 1. The molecule has 0 spiro atoms. The van der Waals surface area contributed by atoms with Gasteiger partial charge in [0.15, 0.2) is 11.5 Å². The van der Waals surface area contributed by atoms with E-state index >= 15 is 0 Å². The van der Waals surface area contributed by atoms with E-state index in [0.29, 0.717) is 22.8 Å². The van der Waals surface area contributed by atoms with Crippen LogP contribution in [0.25, 0.3) is 22.8 Å². The quantitative estimate of drug-likeness (QED) is 0.539. The molecule has 27 heavy (non-hydrogen) atoms. The van der Waals surface area contributed by atoms with Crippen LogP contribution in [0.15, 0.2) is 65.5 Å². The first-order valence-electron chi connectivity index (χ1n) is 8.77. The summed E-state index contributed by atoms with van der Waals surface area (Å²) in [5.74, 6) is 1.22. The summed E-state index contributed by atoms with van der Waals surface area (Å²) in [5, 5.41) is 9.76. The van der Waals surface area contributed by atoms with Crippen LogP contribution in [0.3, 0.4) is 0 Å². The predicted molar refractivity (Wildman–Crippen MR) is 102 cm³/mol. The largest absolute Gasteiger partial charge is 0.463 e. The van der Waals surface area contributed by atoms with Crippen molar-refractivity contribution in [3.05, 3.63) is 66.8 Å². The maximum Gasteiger partial charge on any atom is 0.276 e. The molecule has 0 aliphatic heterocycles. The highest BCUT2D eigenvalue weighted by Gasteiger charge is 2.14. The van der Waals surface area contributed by atoms with Gasteiger partial charge in [-0.15, -0.1) is 0 Å². The smallest absolute Gasteiger partial charge is 0.276 e. The van der Waals surface area contributed by atoms with Gasteiger partial charge in [-0.05, 0) is 30.7 Å². The number of rotatable bonds is 6. The average molecular weight is 361 g/mol. The van der Waals surface area contributed by atoms with Crippen molar-refractivity contribution in [3.8, 4) is 22.8 Å². The lowest BCUT2D eigenvalue weighted by Crippen LogP contribution is -2.12. The third kappa shape index (κ3) is 3.52. The number of aromatic amines is 1. The number of amides is 1. The molecule has 2 N–H and O–H groups in total. The van der Waals surface area contributed by atoms with Crippen LogP contribution >= 0.6 is 0 Å². The van der Waals surface area contributed by atoms with Gasteiger partial charge < -0.3 is 14.3 Å². The van der Waals surface area contributed by atoms with Crippen LogP contribution in [0.2, 0.25) is 0 Å². The van der Waals surface area contributed by atoms with Gasteiger partial charge in [-0.2, -0.15) is 5.10 Å². The number of furan rings is 1. The van der Waals surface area contributed by atoms with Gasteiger partial charge in [0.05, 0.1) is 6.26 Å². The van der Waals surface area contributed by atoms with Crippen molar-refractivity contribution in [1.82, 2.24) is 19.7 Å². The van der Waals surface area contributed by atoms with E-state index in [4.69, 9.17) is 4.42 Å². The summed E-state index contributed by atoms with van der Waals surface area (Å²) >= 11 is 0. The zero-order chi connectivity index (χ0) is 18.6. The van der Waals surface area contributed by atoms with Crippen molar-refractivity contribution >= 4 is 11.6 Å². The Morgan fingerprint density at radius 1 is 1.26 bits per heavy atom. The van der Waals surface area contributed by atoms with Gasteiger partial charge in [-0.1, -0.05) is 19.1 Å². The second kappa shape index (κ2) is 7.33. The average Bonchev–Trinajstić information content (AvgIpc) is 3.43. The molecule has 0 aliphatic carbocycles. The highest BCUT2D eigenvalue weighted by molar-refractivity contribution is 6.03. The van der Waals surface area contributed by atoms with Crippen molar-refractivity contribution in [2.75, 3.05) is 5.32 Å². The summed E-state index contributed by atoms with van der Waals surface area (Å²) in [6, 6.07) is 12.9. The molecule has 1 amide bonds. The number of hydrogen-bond acceptors (Lipinski definition) is 4. The Hall–Kier alpha value is -3.61. The Morgan fingerprint density at radius 3 is 3.00 bits per heavy atom. The van der Waals surface area contributed by atoms with Crippen LogP contribution in [0.5, 0.6) is 0 Å². The van der Waals surface area contributed by atoms with Crippen LogP contribution in [0.4, 0.5) is 5.69 Å². The minimum Gasteiger partial charge on any atom is -0.463 e. The van der Waals surface area contributed by atoms with Gasteiger partial charge in [0.25, 0.3) is 5.91 Å². The highest BCUT2D eigenvalue weighted by Crippen LogP contribution is 2.23. The normalized spacial score (nSPS) is 10.9. The summed E-state index contributed by atoms with van der Waals surface area (Å²) in [6.45, 7) is 3.02. The second-order valence-electron chi connectivity index (χ2n) is 6.12. The van der Waals surface area contributed by atoms with Crippen LogP contribution in [0, 0.1) is 0 Å². The maximum absolute atomic E-state index is 12.5. The molecule has 7 heteroatoms. The second-order valence-corrected chi connectivity index (χ2v) is 6.12. The molecule has 0 bridgehead atoms. The molecule has 3 aromatic heterocycles. The molecule has 4 rings (SSSR count). The van der Waals surface area contributed by atoms with Gasteiger partial charge >= 0.3 is 0 Å².